The fourth-order valence-corrected chi connectivity index (χ4v) is 2.09. The van der Waals surface area contributed by atoms with Crippen molar-refractivity contribution in [1.82, 2.24) is 15.6 Å². The van der Waals surface area contributed by atoms with Crippen LogP contribution in [0.15, 0.2) is 53.7 Å². The Labute approximate surface area is 149 Å². The van der Waals surface area contributed by atoms with Crippen LogP contribution in [-0.2, 0) is 6.54 Å². The normalized spacial score (nSPS) is 10.0. The highest BCUT2D eigenvalue weighted by molar-refractivity contribution is 5.79. The molecule has 0 amide bonds. The standard InChI is InChI=1S/C19H26N4O2/c1-3-20-19(21-4-2)23-15-16-10-11-18(22-14-16)25-13-12-24-17-8-6-5-7-9-17/h5-11,14H,3-4,12-13,15H2,1-2H3,(H2,20,21,23). The van der Waals surface area contributed by atoms with Gasteiger partial charge in [-0.1, -0.05) is 24.3 Å². The van der Waals surface area contributed by atoms with Crippen LogP contribution in [0, 0.1) is 0 Å². The molecule has 1 aromatic carbocycles. The summed E-state index contributed by atoms with van der Waals surface area (Å²) in [6, 6.07) is 13.5. The monoisotopic (exact) mass is 342 g/mol. The summed E-state index contributed by atoms with van der Waals surface area (Å²) in [5, 5.41) is 6.39. The van der Waals surface area contributed by atoms with Crippen LogP contribution in [0.25, 0.3) is 0 Å². The Morgan fingerprint density at radius 2 is 1.68 bits per heavy atom. The molecular formula is C19H26N4O2. The van der Waals surface area contributed by atoms with Crippen LogP contribution in [0.5, 0.6) is 11.6 Å². The Hall–Kier alpha value is -2.76. The summed E-state index contributed by atoms with van der Waals surface area (Å²) in [5.41, 5.74) is 1.03. The second kappa shape index (κ2) is 10.9. The fourth-order valence-electron chi connectivity index (χ4n) is 2.09. The Balaban J connectivity index is 1.74. The minimum Gasteiger partial charge on any atom is -0.490 e. The van der Waals surface area contributed by atoms with Crippen molar-refractivity contribution >= 4 is 5.96 Å². The molecule has 2 rings (SSSR count). The molecule has 0 fully saturated rings. The van der Waals surface area contributed by atoms with E-state index in [9.17, 15) is 0 Å². The van der Waals surface area contributed by atoms with Gasteiger partial charge in [-0.3, -0.25) is 0 Å². The van der Waals surface area contributed by atoms with Crippen molar-refractivity contribution < 1.29 is 9.47 Å². The molecule has 1 aromatic heterocycles. The second-order valence-electron chi connectivity index (χ2n) is 5.24. The van der Waals surface area contributed by atoms with Crippen LogP contribution in [0.1, 0.15) is 19.4 Å². The van der Waals surface area contributed by atoms with E-state index in [1.165, 1.54) is 0 Å². The maximum absolute atomic E-state index is 5.59. The van der Waals surface area contributed by atoms with E-state index < -0.39 is 0 Å². The highest BCUT2D eigenvalue weighted by Gasteiger charge is 1.99. The minimum absolute atomic E-state index is 0.449. The summed E-state index contributed by atoms with van der Waals surface area (Å²) in [4.78, 5) is 8.81. The average molecular weight is 342 g/mol. The highest BCUT2D eigenvalue weighted by Crippen LogP contribution is 2.10. The van der Waals surface area contributed by atoms with Gasteiger partial charge in [0.1, 0.15) is 19.0 Å². The van der Waals surface area contributed by atoms with E-state index >= 15 is 0 Å². The van der Waals surface area contributed by atoms with Crippen LogP contribution in [-0.4, -0.2) is 37.2 Å². The number of pyridine rings is 1. The molecule has 0 aliphatic heterocycles. The van der Waals surface area contributed by atoms with Gasteiger partial charge in [-0.15, -0.1) is 0 Å². The van der Waals surface area contributed by atoms with Gasteiger partial charge < -0.3 is 20.1 Å². The Morgan fingerprint density at radius 3 is 2.32 bits per heavy atom. The molecule has 0 saturated carbocycles. The molecule has 2 N–H and O–H groups in total. The molecule has 0 aliphatic rings. The van der Waals surface area contributed by atoms with Gasteiger partial charge in [0.25, 0.3) is 0 Å². The maximum Gasteiger partial charge on any atom is 0.213 e. The van der Waals surface area contributed by atoms with Crippen LogP contribution < -0.4 is 20.1 Å². The Morgan fingerprint density at radius 1 is 0.960 bits per heavy atom. The maximum atomic E-state index is 5.59. The van der Waals surface area contributed by atoms with Gasteiger partial charge in [0.15, 0.2) is 5.96 Å². The fraction of sp³-hybridized carbons (Fsp3) is 0.368. The van der Waals surface area contributed by atoms with E-state index in [4.69, 9.17) is 9.47 Å². The first-order valence-corrected chi connectivity index (χ1v) is 8.59. The summed E-state index contributed by atoms with van der Waals surface area (Å²) in [6.45, 7) is 7.25. The first-order valence-electron chi connectivity index (χ1n) is 8.59. The molecule has 0 aliphatic carbocycles. The predicted molar refractivity (Wildman–Crippen MR) is 100 cm³/mol. The highest BCUT2D eigenvalue weighted by atomic mass is 16.5. The van der Waals surface area contributed by atoms with E-state index in [0.29, 0.717) is 25.6 Å². The molecule has 6 heteroatoms. The molecule has 0 spiro atoms. The molecule has 0 radical (unpaired) electrons. The number of hydrogen-bond acceptors (Lipinski definition) is 4. The van der Waals surface area contributed by atoms with E-state index in [-0.39, 0.29) is 0 Å². The van der Waals surface area contributed by atoms with E-state index in [1.54, 1.807) is 6.20 Å². The lowest BCUT2D eigenvalue weighted by Crippen LogP contribution is -2.36. The molecule has 134 valence electrons. The van der Waals surface area contributed by atoms with E-state index in [0.717, 1.165) is 30.4 Å². The molecule has 1 heterocycles. The lowest BCUT2D eigenvalue weighted by molar-refractivity contribution is 0.212. The van der Waals surface area contributed by atoms with Gasteiger partial charge in [-0.2, -0.15) is 0 Å². The molecule has 0 unspecified atom stereocenters. The van der Waals surface area contributed by atoms with Crippen molar-refractivity contribution in [2.45, 2.75) is 20.4 Å². The average Bonchev–Trinajstić information content (AvgIpc) is 2.65. The number of guanidine groups is 1. The second-order valence-corrected chi connectivity index (χ2v) is 5.24. The zero-order chi connectivity index (χ0) is 17.7. The summed E-state index contributed by atoms with van der Waals surface area (Å²) < 4.78 is 11.2. The van der Waals surface area contributed by atoms with Crippen molar-refractivity contribution in [3.63, 3.8) is 0 Å². The summed E-state index contributed by atoms with van der Waals surface area (Å²) in [7, 11) is 0. The number of nitrogens with zero attached hydrogens (tertiary/aromatic N) is 2. The third kappa shape index (κ3) is 7.12. The van der Waals surface area contributed by atoms with Crippen molar-refractivity contribution in [2.75, 3.05) is 26.3 Å². The molecule has 0 saturated heterocycles. The van der Waals surface area contributed by atoms with Crippen molar-refractivity contribution in [3.05, 3.63) is 54.2 Å². The SMILES string of the molecule is CCNC(=NCc1ccc(OCCOc2ccccc2)nc1)NCC. The lowest BCUT2D eigenvalue weighted by atomic mass is 10.3. The van der Waals surface area contributed by atoms with Gasteiger partial charge in [0.05, 0.1) is 6.54 Å². The van der Waals surface area contributed by atoms with Gasteiger partial charge in [-0.05, 0) is 31.5 Å². The van der Waals surface area contributed by atoms with E-state index in [1.807, 2.05) is 56.3 Å². The number of hydrogen-bond donors (Lipinski definition) is 2. The number of aliphatic imine (C=N–C) groups is 1. The van der Waals surface area contributed by atoms with Crippen molar-refractivity contribution in [3.8, 4) is 11.6 Å². The minimum atomic E-state index is 0.449. The number of aromatic nitrogens is 1. The molecule has 25 heavy (non-hydrogen) atoms. The molecule has 0 bridgehead atoms. The summed E-state index contributed by atoms with van der Waals surface area (Å²) >= 11 is 0. The van der Waals surface area contributed by atoms with Gasteiger partial charge >= 0.3 is 0 Å². The molecule has 0 atom stereocenters. The smallest absolute Gasteiger partial charge is 0.213 e. The summed E-state index contributed by atoms with van der Waals surface area (Å²) in [5.74, 6) is 2.23. The first kappa shape index (κ1) is 18.6. The van der Waals surface area contributed by atoms with Crippen LogP contribution in [0.3, 0.4) is 0 Å². The molecular weight excluding hydrogens is 316 g/mol. The Bertz CT molecular complexity index is 622. The van der Waals surface area contributed by atoms with Crippen molar-refractivity contribution in [1.29, 1.82) is 0 Å². The zero-order valence-corrected chi connectivity index (χ0v) is 14.9. The number of benzene rings is 1. The topological polar surface area (TPSA) is 67.8 Å². The number of ether oxygens (including phenoxy) is 2. The van der Waals surface area contributed by atoms with Crippen LogP contribution >= 0.6 is 0 Å². The first-order chi connectivity index (χ1) is 12.3. The zero-order valence-electron chi connectivity index (χ0n) is 14.9. The quantitative estimate of drug-likeness (QED) is 0.416. The lowest BCUT2D eigenvalue weighted by Gasteiger charge is -2.09. The third-order valence-electron chi connectivity index (χ3n) is 3.25. The number of para-hydroxylation sites is 1. The summed E-state index contributed by atoms with van der Waals surface area (Å²) in [6.07, 6.45) is 1.78. The van der Waals surface area contributed by atoms with Crippen LogP contribution in [0.4, 0.5) is 0 Å². The number of nitrogens with one attached hydrogen (secondary N) is 2. The van der Waals surface area contributed by atoms with E-state index in [2.05, 4.69) is 20.6 Å². The largest absolute Gasteiger partial charge is 0.490 e. The molecule has 6 nitrogen and oxygen atoms in total. The van der Waals surface area contributed by atoms with Gasteiger partial charge in [0, 0.05) is 25.4 Å². The van der Waals surface area contributed by atoms with Gasteiger partial charge in [-0.25, -0.2) is 9.98 Å². The molecule has 2 aromatic rings. The van der Waals surface area contributed by atoms with Gasteiger partial charge in [0.2, 0.25) is 5.88 Å². The predicted octanol–water partition coefficient (Wildman–Crippen LogP) is 2.61. The third-order valence-corrected chi connectivity index (χ3v) is 3.25. The van der Waals surface area contributed by atoms with Crippen molar-refractivity contribution in [2.24, 2.45) is 4.99 Å². The number of rotatable bonds is 9. The Kier molecular flexibility index (Phi) is 8.11. The van der Waals surface area contributed by atoms with Crippen LogP contribution in [0.2, 0.25) is 0 Å².